The fourth-order valence-electron chi connectivity index (χ4n) is 1.90. The Kier molecular flexibility index (Phi) is 5.94. The first-order valence-electron chi connectivity index (χ1n) is 7.12. The van der Waals surface area contributed by atoms with Gasteiger partial charge in [-0.15, -0.1) is 11.8 Å². The van der Waals surface area contributed by atoms with Gasteiger partial charge in [0.1, 0.15) is 5.65 Å². The third-order valence-electron chi connectivity index (χ3n) is 3.14. The van der Waals surface area contributed by atoms with Crippen molar-refractivity contribution in [2.24, 2.45) is 0 Å². The van der Waals surface area contributed by atoms with Crippen LogP contribution in [-0.4, -0.2) is 26.3 Å². The minimum Gasteiger partial charge on any atom is -0.349 e. The van der Waals surface area contributed by atoms with E-state index in [1.807, 2.05) is 23.6 Å². The highest BCUT2D eigenvalue weighted by atomic mass is 35.5. The Morgan fingerprint density at radius 2 is 2.29 bits per heavy atom. The summed E-state index contributed by atoms with van der Waals surface area (Å²) < 4.78 is 1.86. The van der Waals surface area contributed by atoms with E-state index in [1.165, 1.54) is 0 Å². The molecule has 4 nitrogen and oxygen atoms in total. The van der Waals surface area contributed by atoms with Gasteiger partial charge in [-0.1, -0.05) is 24.9 Å². The van der Waals surface area contributed by atoms with Gasteiger partial charge in [0.15, 0.2) is 0 Å². The Hall–Kier alpha value is -1.20. The normalized spacial score (nSPS) is 12.5. The molecular formula is C15H20ClN3OS. The van der Waals surface area contributed by atoms with Crippen LogP contribution in [0.1, 0.15) is 32.4 Å². The molecule has 6 heteroatoms. The molecule has 0 saturated carbocycles. The topological polar surface area (TPSA) is 46.4 Å². The number of hydrogen-bond acceptors (Lipinski definition) is 3. The van der Waals surface area contributed by atoms with E-state index in [4.69, 9.17) is 11.6 Å². The monoisotopic (exact) mass is 325 g/mol. The number of aromatic nitrogens is 2. The summed E-state index contributed by atoms with van der Waals surface area (Å²) in [5.41, 5.74) is 1.66. The van der Waals surface area contributed by atoms with E-state index < -0.39 is 0 Å². The average molecular weight is 326 g/mol. The van der Waals surface area contributed by atoms with Gasteiger partial charge >= 0.3 is 0 Å². The van der Waals surface area contributed by atoms with Crippen molar-refractivity contribution < 1.29 is 4.79 Å². The maximum Gasteiger partial charge on any atom is 0.233 e. The molecule has 2 aromatic rings. The third-order valence-corrected chi connectivity index (χ3v) is 4.61. The molecule has 0 unspecified atom stereocenters. The van der Waals surface area contributed by atoms with Gasteiger partial charge in [-0.25, -0.2) is 4.98 Å². The van der Waals surface area contributed by atoms with Gasteiger partial charge in [-0.05, 0) is 31.2 Å². The summed E-state index contributed by atoms with van der Waals surface area (Å²) in [4.78, 5) is 16.4. The standard InChI is InChI=1S/C15H20ClN3OS/c1-3-4-7-21-11(2)15(20)17-8-13-10-19-9-12(16)5-6-14(19)18-13/h5-6,9-11H,3-4,7-8H2,1-2H3,(H,17,20)/t11-/m1/s1. The first-order chi connectivity index (χ1) is 10.1. The van der Waals surface area contributed by atoms with Crippen molar-refractivity contribution in [3.63, 3.8) is 0 Å². The number of pyridine rings is 1. The number of halogens is 1. The van der Waals surface area contributed by atoms with Gasteiger partial charge in [-0.3, -0.25) is 4.79 Å². The number of fused-ring (bicyclic) bond motifs is 1. The SMILES string of the molecule is CCCCS[C@H](C)C(=O)NCc1cn2cc(Cl)ccc2n1. The lowest BCUT2D eigenvalue weighted by Crippen LogP contribution is -2.30. The van der Waals surface area contributed by atoms with Crippen LogP contribution in [0, 0.1) is 0 Å². The Morgan fingerprint density at radius 3 is 3.05 bits per heavy atom. The molecule has 0 aromatic carbocycles. The molecule has 1 N–H and O–H groups in total. The van der Waals surface area contributed by atoms with Gasteiger partial charge in [0, 0.05) is 12.4 Å². The summed E-state index contributed by atoms with van der Waals surface area (Å²) >= 11 is 7.63. The number of unbranched alkanes of at least 4 members (excludes halogenated alkanes) is 1. The Labute approximate surface area is 134 Å². The number of imidazole rings is 1. The van der Waals surface area contributed by atoms with E-state index in [-0.39, 0.29) is 11.2 Å². The molecule has 21 heavy (non-hydrogen) atoms. The van der Waals surface area contributed by atoms with Gasteiger partial charge < -0.3 is 9.72 Å². The molecule has 0 spiro atoms. The van der Waals surface area contributed by atoms with Gasteiger partial charge in [-0.2, -0.15) is 0 Å². The zero-order chi connectivity index (χ0) is 15.2. The highest BCUT2D eigenvalue weighted by Crippen LogP contribution is 2.14. The molecule has 0 aliphatic rings. The average Bonchev–Trinajstić information content (AvgIpc) is 2.86. The highest BCUT2D eigenvalue weighted by Gasteiger charge is 2.13. The molecule has 0 saturated heterocycles. The molecule has 0 radical (unpaired) electrons. The van der Waals surface area contributed by atoms with Crippen LogP contribution < -0.4 is 5.32 Å². The van der Waals surface area contributed by atoms with Crippen LogP contribution in [0.25, 0.3) is 5.65 Å². The van der Waals surface area contributed by atoms with Crippen molar-refractivity contribution in [3.05, 3.63) is 35.2 Å². The van der Waals surface area contributed by atoms with Crippen molar-refractivity contribution in [1.82, 2.24) is 14.7 Å². The van der Waals surface area contributed by atoms with Crippen LogP contribution in [0.3, 0.4) is 0 Å². The molecule has 114 valence electrons. The second-order valence-corrected chi connectivity index (χ2v) is 6.81. The summed E-state index contributed by atoms with van der Waals surface area (Å²) in [6.45, 7) is 4.54. The predicted molar refractivity (Wildman–Crippen MR) is 88.9 cm³/mol. The highest BCUT2D eigenvalue weighted by molar-refractivity contribution is 8.00. The van der Waals surface area contributed by atoms with Crippen molar-refractivity contribution in [3.8, 4) is 0 Å². The maximum atomic E-state index is 12.0. The van der Waals surface area contributed by atoms with Crippen molar-refractivity contribution in [1.29, 1.82) is 0 Å². The van der Waals surface area contributed by atoms with E-state index in [0.29, 0.717) is 11.6 Å². The van der Waals surface area contributed by atoms with E-state index in [9.17, 15) is 4.79 Å². The Bertz CT molecular complexity index is 614. The van der Waals surface area contributed by atoms with E-state index in [2.05, 4.69) is 17.2 Å². The number of carbonyl (C=O) groups excluding carboxylic acids is 1. The number of nitrogens with zero attached hydrogens (tertiary/aromatic N) is 2. The minimum absolute atomic E-state index is 0.0250. The zero-order valence-corrected chi connectivity index (χ0v) is 13.9. The van der Waals surface area contributed by atoms with Gasteiger partial charge in [0.25, 0.3) is 0 Å². The minimum atomic E-state index is -0.0250. The molecule has 0 fully saturated rings. The smallest absolute Gasteiger partial charge is 0.233 e. The zero-order valence-electron chi connectivity index (χ0n) is 12.3. The lowest BCUT2D eigenvalue weighted by atomic mass is 10.4. The number of carbonyl (C=O) groups is 1. The predicted octanol–water partition coefficient (Wildman–Crippen LogP) is 3.53. The number of amides is 1. The molecule has 0 bridgehead atoms. The Balaban J connectivity index is 1.87. The molecular weight excluding hydrogens is 306 g/mol. The Morgan fingerprint density at radius 1 is 1.48 bits per heavy atom. The summed E-state index contributed by atoms with van der Waals surface area (Å²) in [6.07, 6.45) is 6.00. The van der Waals surface area contributed by atoms with Gasteiger partial charge in [0.2, 0.25) is 5.91 Å². The van der Waals surface area contributed by atoms with Crippen LogP contribution in [-0.2, 0) is 11.3 Å². The van der Waals surface area contributed by atoms with Crippen LogP contribution in [0.15, 0.2) is 24.5 Å². The third kappa shape index (κ3) is 4.64. The molecule has 0 aliphatic carbocycles. The number of thioether (sulfide) groups is 1. The quantitative estimate of drug-likeness (QED) is 0.792. The molecule has 2 aromatic heterocycles. The van der Waals surface area contributed by atoms with Crippen LogP contribution in [0.4, 0.5) is 0 Å². The molecule has 2 rings (SSSR count). The number of rotatable bonds is 7. The molecule has 1 atom stereocenters. The van der Waals surface area contributed by atoms with Crippen LogP contribution in [0.2, 0.25) is 5.02 Å². The lowest BCUT2D eigenvalue weighted by Gasteiger charge is -2.10. The van der Waals surface area contributed by atoms with E-state index >= 15 is 0 Å². The number of hydrogen-bond donors (Lipinski definition) is 1. The first kappa shape index (κ1) is 16.2. The largest absolute Gasteiger partial charge is 0.349 e. The number of nitrogens with one attached hydrogen (secondary N) is 1. The molecule has 2 heterocycles. The van der Waals surface area contributed by atoms with Crippen molar-refractivity contribution in [2.75, 3.05) is 5.75 Å². The molecule has 0 aliphatic heterocycles. The fraction of sp³-hybridized carbons (Fsp3) is 0.467. The summed E-state index contributed by atoms with van der Waals surface area (Å²) in [5, 5.41) is 3.57. The summed E-state index contributed by atoms with van der Waals surface area (Å²) in [6, 6.07) is 3.66. The van der Waals surface area contributed by atoms with Crippen molar-refractivity contribution >= 4 is 34.9 Å². The lowest BCUT2D eigenvalue weighted by molar-refractivity contribution is -0.120. The summed E-state index contributed by atoms with van der Waals surface area (Å²) in [7, 11) is 0. The van der Waals surface area contributed by atoms with Gasteiger partial charge in [0.05, 0.1) is 22.5 Å². The fourth-order valence-corrected chi connectivity index (χ4v) is 3.12. The van der Waals surface area contributed by atoms with E-state index in [1.54, 1.807) is 24.0 Å². The van der Waals surface area contributed by atoms with Crippen LogP contribution in [0.5, 0.6) is 0 Å². The second kappa shape index (κ2) is 7.71. The molecule has 1 amide bonds. The summed E-state index contributed by atoms with van der Waals surface area (Å²) in [5.74, 6) is 1.09. The van der Waals surface area contributed by atoms with Crippen molar-refractivity contribution in [2.45, 2.75) is 38.5 Å². The maximum absolute atomic E-state index is 12.0. The van der Waals surface area contributed by atoms with Crippen LogP contribution >= 0.6 is 23.4 Å². The van der Waals surface area contributed by atoms with E-state index in [0.717, 1.165) is 29.9 Å². The second-order valence-electron chi connectivity index (χ2n) is 4.93. The first-order valence-corrected chi connectivity index (χ1v) is 8.55.